The molecule has 0 aliphatic heterocycles. The van der Waals surface area contributed by atoms with Crippen LogP contribution in [0.1, 0.15) is 0 Å². The zero-order chi connectivity index (χ0) is 8.91. The van der Waals surface area contributed by atoms with Crippen LogP contribution in [0, 0.1) is 0 Å². The van der Waals surface area contributed by atoms with Gasteiger partial charge in [0.25, 0.3) is 0 Å². The number of rotatable bonds is 4. The molecule has 0 saturated heterocycles. The molecule has 0 spiro atoms. The molecule has 0 saturated carbocycles. The summed E-state index contributed by atoms with van der Waals surface area (Å²) < 4.78 is 25.6. The second-order valence-electron chi connectivity index (χ2n) is 1.89. The van der Waals surface area contributed by atoms with Crippen LogP contribution >= 0.6 is 0 Å². The summed E-state index contributed by atoms with van der Waals surface area (Å²) in [6, 6.07) is 0. The summed E-state index contributed by atoms with van der Waals surface area (Å²) in [5.41, 5.74) is 0. The average molecular weight is 182 g/mol. The van der Waals surface area contributed by atoms with Crippen molar-refractivity contribution in [1.82, 2.24) is 0 Å². The van der Waals surface area contributed by atoms with Crippen molar-refractivity contribution in [2.75, 3.05) is 25.2 Å². The lowest BCUT2D eigenvalue weighted by Gasteiger charge is -1.99. The summed E-state index contributed by atoms with van der Waals surface area (Å²) in [4.78, 5) is 10.4. The van der Waals surface area contributed by atoms with Gasteiger partial charge in [0.05, 0.1) is 19.5 Å². The number of esters is 1. The number of hydrogen-bond acceptors (Lipinski definition) is 5. The monoisotopic (exact) mass is 182 g/mol. The number of ether oxygens (including phenoxy) is 1. The Morgan fingerprint density at radius 1 is 1.55 bits per heavy atom. The van der Waals surface area contributed by atoms with Gasteiger partial charge >= 0.3 is 5.97 Å². The molecule has 1 N–H and O–H groups in total. The first kappa shape index (κ1) is 10.4. The van der Waals surface area contributed by atoms with Crippen LogP contribution in [0.4, 0.5) is 0 Å². The van der Waals surface area contributed by atoms with Crippen molar-refractivity contribution in [3.8, 4) is 0 Å². The minimum atomic E-state index is -3.47. The first-order chi connectivity index (χ1) is 5.02. The van der Waals surface area contributed by atoms with E-state index in [0.717, 1.165) is 7.11 Å². The molecule has 0 aromatic carbocycles. The molecule has 0 radical (unpaired) electrons. The van der Waals surface area contributed by atoms with E-state index in [1.54, 1.807) is 0 Å². The van der Waals surface area contributed by atoms with Crippen molar-refractivity contribution in [3.63, 3.8) is 0 Å². The molecule has 0 heterocycles. The van der Waals surface area contributed by atoms with Crippen LogP contribution in [-0.2, 0) is 19.4 Å². The Bertz CT molecular complexity index is 217. The summed E-state index contributed by atoms with van der Waals surface area (Å²) in [6.45, 7) is -0.473. The molecule has 0 aromatic heterocycles. The highest BCUT2D eigenvalue weighted by molar-refractivity contribution is 7.92. The van der Waals surface area contributed by atoms with E-state index in [4.69, 9.17) is 5.11 Å². The second kappa shape index (κ2) is 4.30. The maximum Gasteiger partial charge on any atom is 0.320 e. The summed E-state index contributed by atoms with van der Waals surface area (Å²) >= 11 is 0. The molecule has 0 atom stereocenters. The molecule has 66 valence electrons. The van der Waals surface area contributed by atoms with Gasteiger partial charge in [-0.25, -0.2) is 8.42 Å². The van der Waals surface area contributed by atoms with Crippen molar-refractivity contribution in [1.29, 1.82) is 0 Å². The molecular weight excluding hydrogens is 172 g/mol. The van der Waals surface area contributed by atoms with Crippen molar-refractivity contribution in [2.24, 2.45) is 0 Å². The predicted molar refractivity (Wildman–Crippen MR) is 37.8 cm³/mol. The third kappa shape index (κ3) is 4.74. The van der Waals surface area contributed by atoms with Crippen molar-refractivity contribution < 1.29 is 23.1 Å². The van der Waals surface area contributed by atoms with E-state index >= 15 is 0 Å². The van der Waals surface area contributed by atoms with Gasteiger partial charge in [-0.1, -0.05) is 0 Å². The zero-order valence-electron chi connectivity index (χ0n) is 6.11. The van der Waals surface area contributed by atoms with Crippen LogP contribution in [0.5, 0.6) is 0 Å². The normalized spacial score (nSPS) is 11.1. The van der Waals surface area contributed by atoms with Gasteiger partial charge in [-0.3, -0.25) is 4.79 Å². The molecule has 0 amide bonds. The van der Waals surface area contributed by atoms with Crippen LogP contribution in [0.2, 0.25) is 0 Å². The summed E-state index contributed by atoms with van der Waals surface area (Å²) in [5.74, 6) is -1.87. The van der Waals surface area contributed by atoms with Crippen LogP contribution in [-0.4, -0.2) is 44.7 Å². The predicted octanol–water partition coefficient (Wildman–Crippen LogP) is -1.43. The highest BCUT2D eigenvalue weighted by atomic mass is 32.2. The Kier molecular flexibility index (Phi) is 4.06. The number of aliphatic hydroxyl groups excluding tert-OH is 1. The van der Waals surface area contributed by atoms with Crippen molar-refractivity contribution in [2.45, 2.75) is 0 Å². The van der Waals surface area contributed by atoms with Crippen LogP contribution in [0.25, 0.3) is 0 Å². The van der Waals surface area contributed by atoms with Gasteiger partial charge in [-0.15, -0.1) is 0 Å². The first-order valence-electron chi connectivity index (χ1n) is 2.90. The second-order valence-corrected chi connectivity index (χ2v) is 4.08. The minimum absolute atomic E-state index is 0.401. The van der Waals surface area contributed by atoms with E-state index in [-0.39, 0.29) is 0 Å². The molecule has 0 fully saturated rings. The molecule has 0 aliphatic rings. The van der Waals surface area contributed by atoms with Crippen molar-refractivity contribution >= 4 is 15.8 Å². The highest BCUT2D eigenvalue weighted by Gasteiger charge is 2.15. The van der Waals surface area contributed by atoms with Gasteiger partial charge in [0, 0.05) is 0 Å². The number of carbonyl (C=O) groups excluding carboxylic acids is 1. The fourth-order valence-electron chi connectivity index (χ4n) is 0.450. The molecule has 0 aromatic rings. The molecule has 0 aliphatic carbocycles. The Balaban J connectivity index is 4.03. The van der Waals surface area contributed by atoms with Gasteiger partial charge in [0.2, 0.25) is 0 Å². The van der Waals surface area contributed by atoms with Gasteiger partial charge in [-0.05, 0) is 0 Å². The molecule has 5 nitrogen and oxygen atoms in total. The van der Waals surface area contributed by atoms with Gasteiger partial charge < -0.3 is 9.84 Å². The Morgan fingerprint density at radius 3 is 2.45 bits per heavy atom. The smallest absolute Gasteiger partial charge is 0.320 e. The summed E-state index contributed by atoms with van der Waals surface area (Å²) in [5, 5.41) is 8.26. The maximum atomic E-state index is 10.7. The Morgan fingerprint density at radius 2 is 2.09 bits per heavy atom. The third-order valence-corrected chi connectivity index (χ3v) is 2.45. The number of carbonyl (C=O) groups is 1. The number of aliphatic hydroxyl groups is 1. The van der Waals surface area contributed by atoms with Gasteiger partial charge in [0.15, 0.2) is 9.84 Å². The maximum absolute atomic E-state index is 10.7. The topological polar surface area (TPSA) is 80.7 Å². The standard InChI is InChI=1S/C5H10O5S/c1-10-5(7)4-11(8,9)3-2-6/h6H,2-4H2,1H3. The molecular formula is C5H10O5S. The molecule has 11 heavy (non-hydrogen) atoms. The first-order valence-corrected chi connectivity index (χ1v) is 4.72. The molecule has 0 bridgehead atoms. The molecule has 0 unspecified atom stereocenters. The van der Waals surface area contributed by atoms with E-state index < -0.39 is 33.9 Å². The Labute approximate surface area is 64.9 Å². The number of methoxy groups -OCH3 is 1. The Hall–Kier alpha value is -0.620. The van der Waals surface area contributed by atoms with E-state index in [9.17, 15) is 13.2 Å². The largest absolute Gasteiger partial charge is 0.468 e. The quantitative estimate of drug-likeness (QED) is 0.539. The minimum Gasteiger partial charge on any atom is -0.468 e. The van der Waals surface area contributed by atoms with E-state index in [0.29, 0.717) is 0 Å². The van der Waals surface area contributed by atoms with Crippen LogP contribution < -0.4 is 0 Å². The fraction of sp³-hybridized carbons (Fsp3) is 0.800. The fourth-order valence-corrected chi connectivity index (χ4v) is 1.35. The highest BCUT2D eigenvalue weighted by Crippen LogP contribution is 1.90. The summed E-state index contributed by atoms with van der Waals surface area (Å²) in [7, 11) is -2.36. The lowest BCUT2D eigenvalue weighted by atomic mass is 10.8. The molecule has 0 rings (SSSR count). The lowest BCUT2D eigenvalue weighted by Crippen LogP contribution is -2.21. The lowest BCUT2D eigenvalue weighted by molar-refractivity contribution is -0.137. The number of sulfone groups is 1. The molecule has 6 heteroatoms. The average Bonchev–Trinajstić information content (AvgIpc) is 1.86. The van der Waals surface area contributed by atoms with Crippen LogP contribution in [0.3, 0.4) is 0 Å². The van der Waals surface area contributed by atoms with Crippen LogP contribution in [0.15, 0.2) is 0 Å². The third-order valence-electron chi connectivity index (χ3n) is 0.968. The van der Waals surface area contributed by atoms with Gasteiger partial charge in [0.1, 0.15) is 5.75 Å². The zero-order valence-corrected chi connectivity index (χ0v) is 6.93. The number of hydrogen-bond donors (Lipinski definition) is 1. The van der Waals surface area contributed by atoms with Crippen molar-refractivity contribution in [3.05, 3.63) is 0 Å². The van der Waals surface area contributed by atoms with E-state index in [2.05, 4.69) is 4.74 Å². The van der Waals surface area contributed by atoms with E-state index in [1.165, 1.54) is 0 Å². The summed E-state index contributed by atoms with van der Waals surface area (Å²) in [6.07, 6.45) is 0. The SMILES string of the molecule is COC(=O)CS(=O)(=O)CCO. The van der Waals surface area contributed by atoms with E-state index in [1.807, 2.05) is 0 Å². The van der Waals surface area contributed by atoms with Gasteiger partial charge in [-0.2, -0.15) is 0 Å².